The van der Waals surface area contributed by atoms with Gasteiger partial charge in [0.2, 0.25) is 0 Å². The third-order valence-electron chi connectivity index (χ3n) is 3.40. The number of nitrogens with zero attached hydrogens (tertiary/aromatic N) is 1. The van der Waals surface area contributed by atoms with Crippen molar-refractivity contribution >= 4 is 27.8 Å². The first-order chi connectivity index (χ1) is 9.28. The number of carbonyl (C=O) groups is 2. The monoisotopic (exact) mass is 342 g/mol. The van der Waals surface area contributed by atoms with E-state index in [9.17, 15) is 9.59 Å². The highest BCUT2D eigenvalue weighted by Crippen LogP contribution is 2.37. The van der Waals surface area contributed by atoms with Gasteiger partial charge in [-0.05, 0) is 55.1 Å². The second-order valence-electron chi connectivity index (χ2n) is 5.91. The number of hydrogen-bond donors (Lipinski definition) is 2. The molecule has 2 N–H and O–H groups in total. The molecule has 1 fully saturated rings. The van der Waals surface area contributed by atoms with Crippen LogP contribution < -0.4 is 5.32 Å². The van der Waals surface area contributed by atoms with Gasteiger partial charge in [-0.1, -0.05) is 0 Å². The molecule has 1 aliphatic rings. The van der Waals surface area contributed by atoms with E-state index in [1.165, 1.54) is 0 Å². The topological polar surface area (TPSA) is 71.3 Å². The average Bonchev–Trinajstić information content (AvgIpc) is 3.09. The molecule has 0 unspecified atom stereocenters. The van der Waals surface area contributed by atoms with Crippen LogP contribution in [0.25, 0.3) is 0 Å². The van der Waals surface area contributed by atoms with E-state index in [0.717, 1.165) is 17.3 Å². The molecule has 0 aliphatic heterocycles. The van der Waals surface area contributed by atoms with Crippen molar-refractivity contribution in [1.82, 2.24) is 9.88 Å². The lowest BCUT2D eigenvalue weighted by Gasteiger charge is -2.26. The Hall–Kier alpha value is -1.30. The molecule has 0 bridgehead atoms. The minimum Gasteiger partial charge on any atom is -0.481 e. The van der Waals surface area contributed by atoms with Crippen molar-refractivity contribution in [2.45, 2.75) is 51.1 Å². The van der Waals surface area contributed by atoms with Crippen molar-refractivity contribution < 1.29 is 14.7 Å². The van der Waals surface area contributed by atoms with Crippen LogP contribution in [0.4, 0.5) is 0 Å². The molecule has 1 aliphatic carbocycles. The molecule has 5 nitrogen and oxygen atoms in total. The van der Waals surface area contributed by atoms with Crippen molar-refractivity contribution in [3.8, 4) is 0 Å². The van der Waals surface area contributed by atoms with E-state index in [1.54, 1.807) is 6.07 Å². The lowest BCUT2D eigenvalue weighted by atomic mass is 9.98. The SMILES string of the molecule is CC(C)(CCC(=O)O)NC(=O)c1cc(Br)cn1C1CC1. The van der Waals surface area contributed by atoms with Crippen LogP contribution in [0.5, 0.6) is 0 Å². The molecule has 1 aromatic heterocycles. The minimum absolute atomic E-state index is 0.0423. The largest absolute Gasteiger partial charge is 0.481 e. The average molecular weight is 343 g/mol. The molecule has 0 saturated heterocycles. The molecule has 1 aromatic rings. The molecule has 2 rings (SSSR count). The van der Waals surface area contributed by atoms with Crippen LogP contribution in [0.15, 0.2) is 16.7 Å². The lowest BCUT2D eigenvalue weighted by Crippen LogP contribution is -2.44. The molecule has 0 radical (unpaired) electrons. The highest BCUT2D eigenvalue weighted by Gasteiger charge is 2.29. The number of nitrogens with one attached hydrogen (secondary N) is 1. The van der Waals surface area contributed by atoms with E-state index in [4.69, 9.17) is 5.11 Å². The van der Waals surface area contributed by atoms with Crippen molar-refractivity contribution in [3.05, 3.63) is 22.4 Å². The smallest absolute Gasteiger partial charge is 0.303 e. The Balaban J connectivity index is 2.05. The van der Waals surface area contributed by atoms with Crippen molar-refractivity contribution in [3.63, 3.8) is 0 Å². The maximum Gasteiger partial charge on any atom is 0.303 e. The Morgan fingerprint density at radius 2 is 2.15 bits per heavy atom. The fourth-order valence-corrected chi connectivity index (χ4v) is 2.57. The normalized spacial score (nSPS) is 15.2. The summed E-state index contributed by atoms with van der Waals surface area (Å²) >= 11 is 3.40. The molecule has 0 aromatic carbocycles. The van der Waals surface area contributed by atoms with Crippen LogP contribution in [-0.4, -0.2) is 27.1 Å². The summed E-state index contributed by atoms with van der Waals surface area (Å²) in [4.78, 5) is 23.0. The van der Waals surface area contributed by atoms with E-state index >= 15 is 0 Å². The first-order valence-electron chi connectivity index (χ1n) is 6.70. The summed E-state index contributed by atoms with van der Waals surface area (Å²) in [5.74, 6) is -1.01. The number of amides is 1. The van der Waals surface area contributed by atoms with Gasteiger partial charge in [0.05, 0.1) is 0 Å². The van der Waals surface area contributed by atoms with Gasteiger partial charge in [-0.15, -0.1) is 0 Å². The van der Waals surface area contributed by atoms with Crippen LogP contribution in [0.1, 0.15) is 56.1 Å². The lowest BCUT2D eigenvalue weighted by molar-refractivity contribution is -0.137. The third kappa shape index (κ3) is 3.85. The third-order valence-corrected chi connectivity index (χ3v) is 3.84. The number of carbonyl (C=O) groups excluding carboxylic acids is 1. The number of hydrogen-bond acceptors (Lipinski definition) is 2. The number of aromatic nitrogens is 1. The zero-order chi connectivity index (χ0) is 14.9. The standard InChI is InChI=1S/C14H19BrN2O3/c1-14(2,6-5-12(18)19)16-13(20)11-7-9(15)8-17(11)10-3-4-10/h7-8,10H,3-6H2,1-2H3,(H,16,20)(H,18,19). The van der Waals surface area contributed by atoms with E-state index < -0.39 is 11.5 Å². The van der Waals surface area contributed by atoms with Gasteiger partial charge in [-0.3, -0.25) is 9.59 Å². The Kier molecular flexibility index (Phi) is 4.22. The Morgan fingerprint density at radius 3 is 2.70 bits per heavy atom. The number of aliphatic carboxylic acids is 1. The van der Waals surface area contributed by atoms with Gasteiger partial charge in [0.1, 0.15) is 5.69 Å². The highest BCUT2D eigenvalue weighted by molar-refractivity contribution is 9.10. The van der Waals surface area contributed by atoms with Crippen LogP contribution >= 0.6 is 15.9 Å². The first-order valence-corrected chi connectivity index (χ1v) is 7.49. The molecule has 6 heteroatoms. The Morgan fingerprint density at radius 1 is 1.50 bits per heavy atom. The van der Waals surface area contributed by atoms with Gasteiger partial charge in [-0.25, -0.2) is 0 Å². The first kappa shape index (κ1) is 15.1. The van der Waals surface area contributed by atoms with Gasteiger partial charge in [0, 0.05) is 28.7 Å². The summed E-state index contributed by atoms with van der Waals surface area (Å²) in [6, 6.07) is 2.23. The molecular formula is C14H19BrN2O3. The highest BCUT2D eigenvalue weighted by atomic mass is 79.9. The van der Waals surface area contributed by atoms with E-state index in [1.807, 2.05) is 24.6 Å². The second-order valence-corrected chi connectivity index (χ2v) is 6.83. The summed E-state index contributed by atoms with van der Waals surface area (Å²) in [5.41, 5.74) is 0.0865. The molecule has 0 spiro atoms. The second kappa shape index (κ2) is 5.60. The Bertz CT molecular complexity index is 533. The number of rotatable bonds is 6. The van der Waals surface area contributed by atoms with Gasteiger partial charge in [-0.2, -0.15) is 0 Å². The summed E-state index contributed by atoms with van der Waals surface area (Å²) in [6.45, 7) is 3.68. The zero-order valence-corrected chi connectivity index (χ0v) is 13.2. The number of halogens is 1. The fraction of sp³-hybridized carbons (Fsp3) is 0.571. The van der Waals surface area contributed by atoms with E-state index in [0.29, 0.717) is 18.2 Å². The fourth-order valence-electron chi connectivity index (χ4n) is 2.14. The molecule has 1 heterocycles. The molecule has 1 amide bonds. The van der Waals surface area contributed by atoms with Crippen LogP contribution in [-0.2, 0) is 4.79 Å². The molecule has 110 valence electrons. The predicted octanol–water partition coefficient (Wildman–Crippen LogP) is 2.96. The van der Waals surface area contributed by atoms with Gasteiger partial charge in [0.25, 0.3) is 5.91 Å². The molecule has 20 heavy (non-hydrogen) atoms. The van der Waals surface area contributed by atoms with Crippen LogP contribution in [0.2, 0.25) is 0 Å². The number of carboxylic acid groups (broad SMARTS) is 1. The molecular weight excluding hydrogens is 324 g/mol. The Labute approximate surface area is 126 Å². The van der Waals surface area contributed by atoms with Crippen LogP contribution in [0, 0.1) is 0 Å². The van der Waals surface area contributed by atoms with Gasteiger partial charge >= 0.3 is 5.97 Å². The summed E-state index contributed by atoms with van der Waals surface area (Å²) in [6.07, 6.45) is 4.57. The summed E-state index contributed by atoms with van der Waals surface area (Å²) < 4.78 is 2.88. The zero-order valence-electron chi connectivity index (χ0n) is 11.6. The van der Waals surface area contributed by atoms with Crippen LogP contribution in [0.3, 0.4) is 0 Å². The summed E-state index contributed by atoms with van der Waals surface area (Å²) in [5, 5.41) is 11.7. The summed E-state index contributed by atoms with van der Waals surface area (Å²) in [7, 11) is 0. The van der Waals surface area contributed by atoms with Crippen molar-refractivity contribution in [1.29, 1.82) is 0 Å². The predicted molar refractivity (Wildman–Crippen MR) is 78.8 cm³/mol. The molecule has 1 saturated carbocycles. The van der Waals surface area contributed by atoms with Crippen molar-refractivity contribution in [2.24, 2.45) is 0 Å². The minimum atomic E-state index is -0.851. The van der Waals surface area contributed by atoms with E-state index in [-0.39, 0.29) is 12.3 Å². The quantitative estimate of drug-likeness (QED) is 0.834. The maximum atomic E-state index is 12.4. The number of carboxylic acids is 1. The van der Waals surface area contributed by atoms with Crippen molar-refractivity contribution in [2.75, 3.05) is 0 Å². The van der Waals surface area contributed by atoms with Gasteiger partial charge < -0.3 is 15.0 Å². The van der Waals surface area contributed by atoms with E-state index in [2.05, 4.69) is 21.2 Å². The maximum absolute atomic E-state index is 12.4. The van der Waals surface area contributed by atoms with Gasteiger partial charge in [0.15, 0.2) is 0 Å². The molecule has 0 atom stereocenters.